The zero-order valence-corrected chi connectivity index (χ0v) is 7.35. The molecule has 0 saturated carbocycles. The Kier molecular flexibility index (Phi) is 2.10. The number of alkyl halides is 2. The molecular formula is C10H5F4N. The summed E-state index contributed by atoms with van der Waals surface area (Å²) in [6, 6.07) is 4.26. The van der Waals surface area contributed by atoms with E-state index in [2.05, 4.69) is 4.98 Å². The lowest BCUT2D eigenvalue weighted by atomic mass is 10.1. The second-order valence-electron chi connectivity index (χ2n) is 3.01. The van der Waals surface area contributed by atoms with E-state index in [0.717, 1.165) is 0 Å². The molecule has 1 heterocycles. The Morgan fingerprint density at radius 3 is 2.33 bits per heavy atom. The number of hydrogen-bond donors (Lipinski definition) is 0. The van der Waals surface area contributed by atoms with Crippen LogP contribution in [-0.4, -0.2) is 10.9 Å². The van der Waals surface area contributed by atoms with Crippen molar-refractivity contribution in [1.29, 1.82) is 0 Å². The number of rotatable bonds is 1. The van der Waals surface area contributed by atoms with Crippen molar-refractivity contribution in [3.8, 4) is 0 Å². The fraction of sp³-hybridized carbons (Fsp3) is 0.100. The average Bonchev–Trinajstić information content (AvgIpc) is 2.43. The van der Waals surface area contributed by atoms with Gasteiger partial charge in [-0.3, -0.25) is 4.98 Å². The number of nitrogens with zero attached hydrogens (tertiary/aromatic N) is 1. The summed E-state index contributed by atoms with van der Waals surface area (Å²) in [4.78, 5) is 3.62. The zero-order chi connectivity index (χ0) is 11.1. The summed E-state index contributed by atoms with van der Waals surface area (Å²) in [5, 5.41) is 0. The monoisotopic (exact) mass is 215 g/mol. The first-order valence-electron chi connectivity index (χ1n) is 4.10. The molecule has 1 aliphatic carbocycles. The molecule has 78 valence electrons. The lowest BCUT2D eigenvalue weighted by Crippen LogP contribution is -2.16. The first-order valence-corrected chi connectivity index (χ1v) is 4.10. The van der Waals surface area contributed by atoms with Crippen LogP contribution >= 0.6 is 0 Å². The van der Waals surface area contributed by atoms with Gasteiger partial charge in [0.25, 0.3) is 0 Å². The molecule has 1 aromatic rings. The van der Waals surface area contributed by atoms with Crippen LogP contribution in [0.4, 0.5) is 17.6 Å². The van der Waals surface area contributed by atoms with Gasteiger partial charge in [0.1, 0.15) is 0 Å². The summed E-state index contributed by atoms with van der Waals surface area (Å²) in [6.07, 6.45) is 1.75. The first-order chi connectivity index (χ1) is 7.03. The molecule has 0 spiro atoms. The normalized spacial score (nSPS) is 19.3. The van der Waals surface area contributed by atoms with Crippen molar-refractivity contribution in [1.82, 2.24) is 4.98 Å². The SMILES string of the molecule is FC1=C(F)C(F)(F)C(c2ccccn2)=C1. The van der Waals surface area contributed by atoms with Gasteiger partial charge < -0.3 is 0 Å². The van der Waals surface area contributed by atoms with E-state index < -0.39 is 23.1 Å². The molecule has 5 heteroatoms. The van der Waals surface area contributed by atoms with E-state index in [9.17, 15) is 17.6 Å². The van der Waals surface area contributed by atoms with Crippen LogP contribution in [-0.2, 0) is 0 Å². The van der Waals surface area contributed by atoms with E-state index in [-0.39, 0.29) is 5.69 Å². The highest BCUT2D eigenvalue weighted by Gasteiger charge is 2.47. The molecule has 0 amide bonds. The minimum Gasteiger partial charge on any atom is -0.256 e. The highest BCUT2D eigenvalue weighted by Crippen LogP contribution is 2.45. The van der Waals surface area contributed by atoms with E-state index in [1.807, 2.05) is 0 Å². The Morgan fingerprint density at radius 2 is 1.87 bits per heavy atom. The van der Waals surface area contributed by atoms with Crippen molar-refractivity contribution in [2.45, 2.75) is 5.92 Å². The van der Waals surface area contributed by atoms with Gasteiger partial charge in [0, 0.05) is 6.20 Å². The van der Waals surface area contributed by atoms with Crippen LogP contribution in [0.1, 0.15) is 5.69 Å². The van der Waals surface area contributed by atoms with E-state index in [0.29, 0.717) is 6.08 Å². The maximum absolute atomic E-state index is 13.2. The molecular weight excluding hydrogens is 210 g/mol. The van der Waals surface area contributed by atoms with Gasteiger partial charge in [0.2, 0.25) is 5.83 Å². The van der Waals surface area contributed by atoms with Gasteiger partial charge in [-0.1, -0.05) is 6.07 Å². The molecule has 2 rings (SSSR count). The van der Waals surface area contributed by atoms with Gasteiger partial charge in [-0.05, 0) is 18.2 Å². The highest BCUT2D eigenvalue weighted by molar-refractivity contribution is 5.77. The molecule has 1 nitrogen and oxygen atoms in total. The smallest absolute Gasteiger partial charge is 0.256 e. The number of halogens is 4. The van der Waals surface area contributed by atoms with Crippen LogP contribution in [0.2, 0.25) is 0 Å². The number of aromatic nitrogens is 1. The van der Waals surface area contributed by atoms with Crippen molar-refractivity contribution >= 4 is 5.57 Å². The van der Waals surface area contributed by atoms with Crippen molar-refractivity contribution < 1.29 is 17.6 Å². The van der Waals surface area contributed by atoms with Gasteiger partial charge in [0.05, 0.1) is 11.3 Å². The maximum Gasteiger partial charge on any atom is 0.329 e. The minimum absolute atomic E-state index is 0.134. The van der Waals surface area contributed by atoms with E-state index in [1.54, 1.807) is 0 Å². The standard InChI is InChI=1S/C10H5F4N/c11-7-5-6(10(13,14)9(7)12)8-3-1-2-4-15-8/h1-5H. The molecule has 0 fully saturated rings. The first kappa shape index (κ1) is 9.89. The van der Waals surface area contributed by atoms with Crippen LogP contribution in [0.15, 0.2) is 42.1 Å². The third-order valence-corrected chi connectivity index (χ3v) is 2.04. The van der Waals surface area contributed by atoms with Crippen LogP contribution in [0.5, 0.6) is 0 Å². The largest absolute Gasteiger partial charge is 0.329 e. The fourth-order valence-corrected chi connectivity index (χ4v) is 1.31. The van der Waals surface area contributed by atoms with Crippen molar-refractivity contribution in [3.05, 3.63) is 47.8 Å². The number of pyridine rings is 1. The maximum atomic E-state index is 13.2. The van der Waals surface area contributed by atoms with Gasteiger partial charge in [-0.25, -0.2) is 8.78 Å². The van der Waals surface area contributed by atoms with Gasteiger partial charge in [-0.15, -0.1) is 0 Å². The van der Waals surface area contributed by atoms with Gasteiger partial charge in [-0.2, -0.15) is 8.78 Å². The Bertz CT molecular complexity index is 448. The summed E-state index contributed by atoms with van der Waals surface area (Å²) in [5.41, 5.74) is -0.886. The molecule has 1 aliphatic rings. The molecule has 0 N–H and O–H groups in total. The predicted molar refractivity (Wildman–Crippen MR) is 46.4 cm³/mol. The third kappa shape index (κ3) is 1.44. The Labute approximate surface area is 82.8 Å². The van der Waals surface area contributed by atoms with Crippen LogP contribution in [0, 0.1) is 0 Å². The van der Waals surface area contributed by atoms with Gasteiger partial charge >= 0.3 is 5.92 Å². The molecule has 0 aliphatic heterocycles. The average molecular weight is 215 g/mol. The number of hydrogen-bond acceptors (Lipinski definition) is 1. The molecule has 0 radical (unpaired) electrons. The Morgan fingerprint density at radius 1 is 1.13 bits per heavy atom. The Hall–Kier alpha value is -1.65. The minimum atomic E-state index is -3.92. The quantitative estimate of drug-likeness (QED) is 0.655. The molecule has 0 saturated heterocycles. The van der Waals surface area contributed by atoms with E-state index >= 15 is 0 Å². The molecule has 15 heavy (non-hydrogen) atoms. The fourth-order valence-electron chi connectivity index (χ4n) is 1.31. The second-order valence-corrected chi connectivity index (χ2v) is 3.01. The summed E-state index contributed by atoms with van der Waals surface area (Å²) in [5.74, 6) is -7.51. The third-order valence-electron chi connectivity index (χ3n) is 2.04. The summed E-state index contributed by atoms with van der Waals surface area (Å²) >= 11 is 0. The molecule has 0 aromatic carbocycles. The summed E-state index contributed by atoms with van der Waals surface area (Å²) in [7, 11) is 0. The number of allylic oxidation sites excluding steroid dienone is 4. The topological polar surface area (TPSA) is 12.9 Å². The summed E-state index contributed by atoms with van der Waals surface area (Å²) in [6.45, 7) is 0. The molecule has 0 atom stereocenters. The van der Waals surface area contributed by atoms with Crippen molar-refractivity contribution in [2.75, 3.05) is 0 Å². The van der Waals surface area contributed by atoms with E-state index in [4.69, 9.17) is 0 Å². The Balaban J connectivity index is 2.48. The predicted octanol–water partition coefficient (Wildman–Crippen LogP) is 3.26. The van der Waals surface area contributed by atoms with Crippen molar-refractivity contribution in [2.24, 2.45) is 0 Å². The van der Waals surface area contributed by atoms with Crippen LogP contribution < -0.4 is 0 Å². The lowest BCUT2D eigenvalue weighted by Gasteiger charge is -2.12. The lowest BCUT2D eigenvalue weighted by molar-refractivity contribution is 0.0821. The van der Waals surface area contributed by atoms with Crippen LogP contribution in [0.25, 0.3) is 5.57 Å². The zero-order valence-electron chi connectivity index (χ0n) is 7.35. The summed E-state index contributed by atoms with van der Waals surface area (Å²) < 4.78 is 51.7. The molecule has 0 unspecified atom stereocenters. The molecule has 1 aromatic heterocycles. The molecule has 0 bridgehead atoms. The van der Waals surface area contributed by atoms with Crippen LogP contribution in [0.3, 0.4) is 0 Å². The van der Waals surface area contributed by atoms with Gasteiger partial charge in [0.15, 0.2) is 5.83 Å². The highest BCUT2D eigenvalue weighted by atomic mass is 19.3. The second kappa shape index (κ2) is 3.18. The van der Waals surface area contributed by atoms with E-state index in [1.165, 1.54) is 24.4 Å². The van der Waals surface area contributed by atoms with Crippen molar-refractivity contribution in [3.63, 3.8) is 0 Å².